The molecule has 1 rings (SSSR count). The zero-order valence-electron chi connectivity index (χ0n) is 12.8. The van der Waals surface area contributed by atoms with Gasteiger partial charge in [-0.3, -0.25) is 4.68 Å². The molecule has 0 aliphatic carbocycles. The molecule has 0 spiro atoms. The average Bonchev–Trinajstić information content (AvgIpc) is 2.82. The van der Waals surface area contributed by atoms with Crippen molar-refractivity contribution in [3.05, 3.63) is 11.9 Å². The van der Waals surface area contributed by atoms with Gasteiger partial charge in [0.1, 0.15) is 0 Å². The van der Waals surface area contributed by atoms with E-state index in [0.29, 0.717) is 0 Å². The van der Waals surface area contributed by atoms with Crippen molar-refractivity contribution in [3.8, 4) is 5.75 Å². The maximum atomic E-state index is 5.51. The van der Waals surface area contributed by atoms with Gasteiger partial charge in [-0.2, -0.15) is 5.10 Å². The lowest BCUT2D eigenvalue weighted by atomic mass is 10.1. The van der Waals surface area contributed by atoms with Crippen LogP contribution in [0.15, 0.2) is 6.20 Å². The largest absolute Gasteiger partial charge is 0.493 e. The molecule has 5 heteroatoms. The van der Waals surface area contributed by atoms with Crippen LogP contribution in [0.1, 0.15) is 45.3 Å². The summed E-state index contributed by atoms with van der Waals surface area (Å²) in [7, 11) is 3.42. The minimum atomic E-state index is 0.0627. The molecule has 2 unspecified atom stereocenters. The third kappa shape index (κ3) is 3.94. The molecule has 2 atom stereocenters. The van der Waals surface area contributed by atoms with Crippen LogP contribution in [0.2, 0.25) is 0 Å². The van der Waals surface area contributed by atoms with Crippen molar-refractivity contribution in [2.45, 2.75) is 52.3 Å². The summed E-state index contributed by atoms with van der Waals surface area (Å²) >= 11 is 0. The fraction of sp³-hybridized carbons (Fsp3) is 0.786. The molecule has 0 aliphatic rings. The molecule has 0 aliphatic heterocycles. The number of nitrogens with zero attached hydrogens (tertiary/aromatic N) is 2. The second-order valence-corrected chi connectivity index (χ2v) is 4.69. The van der Waals surface area contributed by atoms with Crippen molar-refractivity contribution >= 4 is 0 Å². The summed E-state index contributed by atoms with van der Waals surface area (Å²) in [6, 6.07) is 0.0916. The standard InChI is InChI=1S/C14H27N3O2/c1-6-8-15-13(11(3)18-4)14-12(19-5)10-16-17(14)9-7-2/h10-11,13,15H,6-9H2,1-5H3. The van der Waals surface area contributed by atoms with Gasteiger partial charge >= 0.3 is 0 Å². The maximum Gasteiger partial charge on any atom is 0.161 e. The van der Waals surface area contributed by atoms with Crippen molar-refractivity contribution < 1.29 is 9.47 Å². The fourth-order valence-electron chi connectivity index (χ4n) is 2.16. The molecule has 0 fully saturated rings. The summed E-state index contributed by atoms with van der Waals surface area (Å²) in [5, 5.41) is 7.95. The fourth-order valence-corrected chi connectivity index (χ4v) is 2.16. The Bertz CT molecular complexity index is 366. The van der Waals surface area contributed by atoms with E-state index in [2.05, 4.69) is 31.2 Å². The third-order valence-corrected chi connectivity index (χ3v) is 3.25. The summed E-state index contributed by atoms with van der Waals surface area (Å²) in [5.41, 5.74) is 1.08. The zero-order chi connectivity index (χ0) is 14.3. The Kier molecular flexibility index (Phi) is 6.87. The van der Waals surface area contributed by atoms with Gasteiger partial charge in [-0.15, -0.1) is 0 Å². The second kappa shape index (κ2) is 8.17. The molecule has 0 amide bonds. The van der Waals surface area contributed by atoms with E-state index in [1.54, 1.807) is 20.4 Å². The van der Waals surface area contributed by atoms with Crippen LogP contribution in [0, 0.1) is 0 Å². The first-order valence-electron chi connectivity index (χ1n) is 7.05. The van der Waals surface area contributed by atoms with Gasteiger partial charge in [-0.1, -0.05) is 13.8 Å². The lowest BCUT2D eigenvalue weighted by molar-refractivity contribution is 0.0789. The molecule has 0 radical (unpaired) electrons. The van der Waals surface area contributed by atoms with Crippen molar-refractivity contribution in [2.24, 2.45) is 0 Å². The van der Waals surface area contributed by atoms with E-state index in [-0.39, 0.29) is 12.1 Å². The molecule has 1 aromatic heterocycles. The van der Waals surface area contributed by atoms with Gasteiger partial charge in [0.25, 0.3) is 0 Å². The van der Waals surface area contributed by atoms with Crippen LogP contribution in [0.4, 0.5) is 0 Å². The second-order valence-electron chi connectivity index (χ2n) is 4.69. The number of ether oxygens (including phenoxy) is 2. The molecule has 0 bridgehead atoms. The minimum Gasteiger partial charge on any atom is -0.493 e. The van der Waals surface area contributed by atoms with Crippen molar-refractivity contribution in [1.29, 1.82) is 0 Å². The molecule has 110 valence electrons. The zero-order valence-corrected chi connectivity index (χ0v) is 12.8. The number of methoxy groups -OCH3 is 2. The molecule has 0 saturated carbocycles. The summed E-state index contributed by atoms with van der Waals surface area (Å²) in [4.78, 5) is 0. The van der Waals surface area contributed by atoms with Gasteiger partial charge in [0, 0.05) is 13.7 Å². The summed E-state index contributed by atoms with van der Waals surface area (Å²) in [6.07, 6.45) is 3.97. The van der Waals surface area contributed by atoms with Crippen molar-refractivity contribution in [3.63, 3.8) is 0 Å². The predicted octanol–water partition coefficient (Wildman–Crippen LogP) is 2.38. The first-order chi connectivity index (χ1) is 9.19. The Balaban J connectivity index is 3.06. The number of hydrogen-bond acceptors (Lipinski definition) is 4. The van der Waals surface area contributed by atoms with Crippen LogP contribution < -0.4 is 10.1 Å². The topological polar surface area (TPSA) is 48.3 Å². The van der Waals surface area contributed by atoms with E-state index in [4.69, 9.17) is 9.47 Å². The van der Waals surface area contributed by atoms with Gasteiger partial charge in [-0.05, 0) is 26.3 Å². The highest BCUT2D eigenvalue weighted by Crippen LogP contribution is 2.28. The number of aryl methyl sites for hydroxylation is 1. The van der Waals surface area contributed by atoms with Crippen LogP contribution in [0.25, 0.3) is 0 Å². The number of nitrogens with one attached hydrogen (secondary N) is 1. The van der Waals surface area contributed by atoms with Gasteiger partial charge in [-0.25, -0.2) is 0 Å². The van der Waals surface area contributed by atoms with Crippen LogP contribution in [0.5, 0.6) is 5.75 Å². The van der Waals surface area contributed by atoms with E-state index >= 15 is 0 Å². The van der Waals surface area contributed by atoms with Crippen molar-refractivity contribution in [1.82, 2.24) is 15.1 Å². The predicted molar refractivity (Wildman–Crippen MR) is 76.6 cm³/mol. The molecule has 5 nitrogen and oxygen atoms in total. The van der Waals surface area contributed by atoms with Crippen LogP contribution in [-0.2, 0) is 11.3 Å². The van der Waals surface area contributed by atoms with E-state index in [1.807, 2.05) is 4.68 Å². The van der Waals surface area contributed by atoms with E-state index in [9.17, 15) is 0 Å². The van der Waals surface area contributed by atoms with Crippen molar-refractivity contribution in [2.75, 3.05) is 20.8 Å². The van der Waals surface area contributed by atoms with Gasteiger partial charge in [0.15, 0.2) is 5.75 Å². The van der Waals surface area contributed by atoms with Gasteiger partial charge in [0.05, 0.1) is 31.1 Å². The van der Waals surface area contributed by atoms with Gasteiger partial charge < -0.3 is 14.8 Å². The van der Waals surface area contributed by atoms with E-state index in [0.717, 1.165) is 37.4 Å². The number of hydrogen-bond donors (Lipinski definition) is 1. The smallest absolute Gasteiger partial charge is 0.161 e. The normalized spacial score (nSPS) is 14.4. The summed E-state index contributed by atoms with van der Waals surface area (Å²) < 4.78 is 13.0. The highest BCUT2D eigenvalue weighted by atomic mass is 16.5. The Morgan fingerprint density at radius 3 is 2.58 bits per heavy atom. The third-order valence-electron chi connectivity index (χ3n) is 3.25. The Morgan fingerprint density at radius 2 is 2.05 bits per heavy atom. The first kappa shape index (κ1) is 16.0. The molecular formula is C14H27N3O2. The molecule has 0 aromatic carbocycles. The van der Waals surface area contributed by atoms with Crippen LogP contribution in [-0.4, -0.2) is 36.6 Å². The monoisotopic (exact) mass is 269 g/mol. The molecule has 1 aromatic rings. The highest BCUT2D eigenvalue weighted by molar-refractivity contribution is 5.29. The molecular weight excluding hydrogens is 242 g/mol. The van der Waals surface area contributed by atoms with Crippen LogP contribution in [0.3, 0.4) is 0 Å². The number of rotatable bonds is 9. The molecule has 19 heavy (non-hydrogen) atoms. The number of aromatic nitrogens is 2. The SMILES string of the molecule is CCCNC(c1c(OC)cnn1CCC)C(C)OC. The maximum absolute atomic E-state index is 5.51. The Morgan fingerprint density at radius 1 is 1.32 bits per heavy atom. The summed E-state index contributed by atoms with van der Waals surface area (Å²) in [5.74, 6) is 0.825. The van der Waals surface area contributed by atoms with Gasteiger partial charge in [0.2, 0.25) is 0 Å². The average molecular weight is 269 g/mol. The van der Waals surface area contributed by atoms with Crippen LogP contribution >= 0.6 is 0 Å². The van der Waals surface area contributed by atoms with E-state index < -0.39 is 0 Å². The minimum absolute atomic E-state index is 0.0627. The molecule has 1 N–H and O–H groups in total. The summed E-state index contributed by atoms with van der Waals surface area (Å²) in [6.45, 7) is 8.20. The first-order valence-corrected chi connectivity index (χ1v) is 7.05. The Labute approximate surface area is 116 Å². The van der Waals surface area contributed by atoms with E-state index in [1.165, 1.54) is 0 Å². The lowest BCUT2D eigenvalue weighted by Gasteiger charge is -2.25. The lowest BCUT2D eigenvalue weighted by Crippen LogP contribution is -2.34. The molecule has 1 heterocycles. The highest BCUT2D eigenvalue weighted by Gasteiger charge is 2.26. The molecule has 0 saturated heterocycles. The quantitative estimate of drug-likeness (QED) is 0.747. The Hall–Kier alpha value is -1.07.